The molecule has 1 heterocycles. The van der Waals surface area contributed by atoms with E-state index in [2.05, 4.69) is 10.1 Å². The summed E-state index contributed by atoms with van der Waals surface area (Å²) in [5, 5.41) is 4.48. The summed E-state index contributed by atoms with van der Waals surface area (Å²) in [5.41, 5.74) is 8.11. The van der Waals surface area contributed by atoms with Gasteiger partial charge in [0.05, 0.1) is 11.6 Å². The van der Waals surface area contributed by atoms with Crippen molar-refractivity contribution in [1.82, 2.24) is 14.8 Å². The van der Waals surface area contributed by atoms with Gasteiger partial charge in [0, 0.05) is 11.3 Å². The van der Waals surface area contributed by atoms with Gasteiger partial charge in [0.15, 0.2) is 5.82 Å². The van der Waals surface area contributed by atoms with E-state index < -0.39 is 5.82 Å². The van der Waals surface area contributed by atoms with Crippen molar-refractivity contribution in [3.63, 3.8) is 0 Å². The van der Waals surface area contributed by atoms with Gasteiger partial charge < -0.3 is 5.73 Å². The van der Waals surface area contributed by atoms with Gasteiger partial charge in [0.2, 0.25) is 0 Å². The molecule has 0 fully saturated rings. The minimum absolute atomic E-state index is 0.101. The third-order valence-corrected chi connectivity index (χ3v) is 3.30. The molecular weight excluding hydrogens is 291 g/mol. The summed E-state index contributed by atoms with van der Waals surface area (Å²) in [6, 6.07) is 12.0. The maximum Gasteiger partial charge on any atom is 0.181 e. The highest BCUT2D eigenvalue weighted by Crippen LogP contribution is 2.19. The minimum Gasteiger partial charge on any atom is -0.399 e. The summed E-state index contributed by atoms with van der Waals surface area (Å²) in [4.78, 5) is 4.25. The first kappa shape index (κ1) is 13.6. The van der Waals surface area contributed by atoms with E-state index >= 15 is 0 Å². The molecule has 0 saturated heterocycles. The zero-order valence-electron chi connectivity index (χ0n) is 11.0. The number of nitrogens with zero attached hydrogens (tertiary/aromatic N) is 3. The van der Waals surface area contributed by atoms with E-state index in [0.717, 1.165) is 11.1 Å². The molecule has 6 heteroatoms. The Morgan fingerprint density at radius 1 is 1.19 bits per heavy atom. The first-order valence-electron chi connectivity index (χ1n) is 6.31. The molecule has 0 aliphatic carbocycles. The Hall–Kier alpha value is -2.40. The predicted molar refractivity (Wildman–Crippen MR) is 80.4 cm³/mol. The van der Waals surface area contributed by atoms with Crippen LogP contribution >= 0.6 is 11.6 Å². The first-order chi connectivity index (χ1) is 10.1. The maximum atomic E-state index is 13.1. The Bertz CT molecular complexity index is 785. The molecule has 0 aliphatic rings. The zero-order chi connectivity index (χ0) is 14.8. The summed E-state index contributed by atoms with van der Waals surface area (Å²) in [7, 11) is 0. The lowest BCUT2D eigenvalue weighted by Gasteiger charge is -2.02. The number of hydrogen-bond acceptors (Lipinski definition) is 3. The summed E-state index contributed by atoms with van der Waals surface area (Å²) in [5.74, 6) is 0.162. The standard InChI is InChI=1S/C15H12ClFN4/c16-13-6-10(4-5-14(13)17)8-21-9-19-15(20-21)11-2-1-3-12(18)7-11/h1-7,9H,8,18H2. The maximum absolute atomic E-state index is 13.1. The number of nitrogen functional groups attached to an aromatic ring is 1. The smallest absolute Gasteiger partial charge is 0.181 e. The fourth-order valence-electron chi connectivity index (χ4n) is 2.01. The van der Waals surface area contributed by atoms with Crippen LogP contribution in [0.25, 0.3) is 11.4 Å². The average Bonchev–Trinajstić information content (AvgIpc) is 2.91. The monoisotopic (exact) mass is 302 g/mol. The van der Waals surface area contributed by atoms with Crippen molar-refractivity contribution < 1.29 is 4.39 Å². The first-order valence-corrected chi connectivity index (χ1v) is 6.69. The molecule has 0 aliphatic heterocycles. The topological polar surface area (TPSA) is 56.7 Å². The molecule has 0 atom stereocenters. The van der Waals surface area contributed by atoms with Crippen molar-refractivity contribution in [2.45, 2.75) is 6.54 Å². The molecular formula is C15H12ClFN4. The van der Waals surface area contributed by atoms with Gasteiger partial charge in [-0.15, -0.1) is 0 Å². The molecule has 2 N–H and O–H groups in total. The number of hydrogen-bond donors (Lipinski definition) is 1. The molecule has 0 unspecified atom stereocenters. The van der Waals surface area contributed by atoms with E-state index in [0.29, 0.717) is 18.1 Å². The number of rotatable bonds is 3. The predicted octanol–water partition coefficient (Wildman–Crippen LogP) is 3.37. The number of halogens is 2. The number of benzene rings is 2. The number of nitrogens with two attached hydrogens (primary N) is 1. The van der Waals surface area contributed by atoms with Crippen LogP contribution in [0.5, 0.6) is 0 Å². The van der Waals surface area contributed by atoms with Crippen LogP contribution in [-0.2, 0) is 6.54 Å². The Morgan fingerprint density at radius 2 is 2.05 bits per heavy atom. The minimum atomic E-state index is -0.431. The second-order valence-corrected chi connectivity index (χ2v) is 5.05. The van der Waals surface area contributed by atoms with Crippen LogP contribution in [0.3, 0.4) is 0 Å². The van der Waals surface area contributed by atoms with Crippen molar-refractivity contribution >= 4 is 17.3 Å². The van der Waals surface area contributed by atoms with Crippen molar-refractivity contribution in [3.05, 3.63) is 65.2 Å². The third-order valence-electron chi connectivity index (χ3n) is 3.01. The third kappa shape index (κ3) is 3.03. The van der Waals surface area contributed by atoms with E-state index in [1.165, 1.54) is 6.07 Å². The van der Waals surface area contributed by atoms with Gasteiger partial charge in [-0.3, -0.25) is 0 Å². The van der Waals surface area contributed by atoms with Crippen LogP contribution in [0.15, 0.2) is 48.8 Å². The zero-order valence-corrected chi connectivity index (χ0v) is 11.8. The van der Waals surface area contributed by atoms with Crippen LogP contribution in [0.4, 0.5) is 10.1 Å². The lowest BCUT2D eigenvalue weighted by atomic mass is 10.2. The fourth-order valence-corrected chi connectivity index (χ4v) is 2.21. The van der Waals surface area contributed by atoms with E-state index in [4.69, 9.17) is 17.3 Å². The highest BCUT2D eigenvalue weighted by Gasteiger charge is 2.06. The normalized spacial score (nSPS) is 10.8. The molecule has 3 aromatic rings. The van der Waals surface area contributed by atoms with Gasteiger partial charge in [-0.1, -0.05) is 29.8 Å². The van der Waals surface area contributed by atoms with Crippen molar-refractivity contribution in [2.75, 3.05) is 5.73 Å². The molecule has 0 radical (unpaired) electrons. The second-order valence-electron chi connectivity index (χ2n) is 4.64. The van der Waals surface area contributed by atoms with Gasteiger partial charge in [-0.2, -0.15) is 5.10 Å². The number of anilines is 1. The molecule has 106 valence electrons. The Balaban J connectivity index is 1.83. The van der Waals surface area contributed by atoms with Gasteiger partial charge in [-0.25, -0.2) is 14.1 Å². The van der Waals surface area contributed by atoms with Gasteiger partial charge in [-0.05, 0) is 29.8 Å². The van der Waals surface area contributed by atoms with Gasteiger partial charge in [0.1, 0.15) is 12.1 Å². The summed E-state index contributed by atoms with van der Waals surface area (Å²) < 4.78 is 14.8. The summed E-state index contributed by atoms with van der Waals surface area (Å²) in [6.07, 6.45) is 1.62. The van der Waals surface area contributed by atoms with Gasteiger partial charge in [0.25, 0.3) is 0 Å². The molecule has 1 aromatic heterocycles. The van der Waals surface area contributed by atoms with Crippen LogP contribution in [-0.4, -0.2) is 14.8 Å². The van der Waals surface area contributed by atoms with E-state index in [1.807, 2.05) is 18.2 Å². The van der Waals surface area contributed by atoms with Crippen molar-refractivity contribution in [2.24, 2.45) is 0 Å². The molecule has 0 saturated carbocycles. The van der Waals surface area contributed by atoms with Crippen LogP contribution in [0, 0.1) is 5.82 Å². The summed E-state index contributed by atoms with van der Waals surface area (Å²) in [6.45, 7) is 0.468. The SMILES string of the molecule is Nc1cccc(-c2ncn(Cc3ccc(F)c(Cl)c3)n2)c1. The Kier molecular flexibility index (Phi) is 3.58. The largest absolute Gasteiger partial charge is 0.399 e. The average molecular weight is 303 g/mol. The van der Waals surface area contributed by atoms with Crippen LogP contribution < -0.4 is 5.73 Å². The van der Waals surface area contributed by atoms with Crippen molar-refractivity contribution in [1.29, 1.82) is 0 Å². The van der Waals surface area contributed by atoms with E-state index in [9.17, 15) is 4.39 Å². The quantitative estimate of drug-likeness (QED) is 0.755. The Morgan fingerprint density at radius 3 is 2.81 bits per heavy atom. The second kappa shape index (κ2) is 5.54. The molecule has 2 aromatic carbocycles. The van der Waals surface area contributed by atoms with Crippen LogP contribution in [0.1, 0.15) is 5.56 Å². The molecule has 4 nitrogen and oxygen atoms in total. The lowest BCUT2D eigenvalue weighted by molar-refractivity contribution is 0.625. The highest BCUT2D eigenvalue weighted by molar-refractivity contribution is 6.30. The molecule has 0 spiro atoms. The Labute approximate surface area is 126 Å². The fraction of sp³-hybridized carbons (Fsp3) is 0.0667. The van der Waals surface area contributed by atoms with E-state index in [1.54, 1.807) is 29.2 Å². The molecule has 0 amide bonds. The van der Waals surface area contributed by atoms with Crippen molar-refractivity contribution in [3.8, 4) is 11.4 Å². The lowest BCUT2D eigenvalue weighted by Crippen LogP contribution is -2.00. The van der Waals surface area contributed by atoms with Crippen LogP contribution in [0.2, 0.25) is 5.02 Å². The highest BCUT2D eigenvalue weighted by atomic mass is 35.5. The number of aromatic nitrogens is 3. The summed E-state index contributed by atoms with van der Waals surface area (Å²) >= 11 is 5.76. The van der Waals surface area contributed by atoms with Gasteiger partial charge >= 0.3 is 0 Å². The molecule has 21 heavy (non-hydrogen) atoms. The molecule has 3 rings (SSSR count). The van der Waals surface area contributed by atoms with E-state index in [-0.39, 0.29) is 5.02 Å². The molecule has 0 bridgehead atoms.